The van der Waals surface area contributed by atoms with Gasteiger partial charge in [0.15, 0.2) is 0 Å². The summed E-state index contributed by atoms with van der Waals surface area (Å²) in [4.78, 5) is 37.7. The Bertz CT molecular complexity index is 1910. The molecule has 0 aromatic rings. The van der Waals surface area contributed by atoms with Gasteiger partial charge in [0, 0.05) is 12.8 Å². The highest BCUT2D eigenvalue weighted by Gasteiger charge is 2.30. The largest absolute Gasteiger partial charge is 0.472 e. The molecule has 0 aliphatic rings. The zero-order valence-corrected chi connectivity index (χ0v) is 51.7. The second-order valence-corrected chi connectivity index (χ2v) is 22.6. The lowest BCUT2D eigenvalue weighted by molar-refractivity contribution is -0.870. The number of ether oxygens (including phenoxy) is 1. The van der Waals surface area contributed by atoms with Gasteiger partial charge in [0.25, 0.3) is 0 Å². The average molecular weight is 1110 g/mol. The van der Waals surface area contributed by atoms with E-state index < -0.39 is 25.9 Å². The normalized spacial score (nSPS) is 14.8. The number of esters is 1. The van der Waals surface area contributed by atoms with Crippen molar-refractivity contribution in [2.45, 2.75) is 226 Å². The molecule has 446 valence electrons. The number of quaternary nitrogens is 1. The minimum atomic E-state index is -4.48. The van der Waals surface area contributed by atoms with Crippen LogP contribution in [0, 0.1) is 0 Å². The summed E-state index contributed by atoms with van der Waals surface area (Å²) in [5.74, 6) is -0.648. The van der Waals surface area contributed by atoms with Gasteiger partial charge < -0.3 is 19.4 Å². The number of unbranched alkanes of at least 4 members (excludes halogenated alkanes) is 13. The number of rotatable bonds is 53. The smallest absolute Gasteiger partial charge is 0.456 e. The van der Waals surface area contributed by atoms with Crippen LogP contribution in [0.15, 0.2) is 158 Å². The van der Waals surface area contributed by atoms with Gasteiger partial charge in [0.2, 0.25) is 5.91 Å². The lowest BCUT2D eigenvalue weighted by atomic mass is 10.1. The molecule has 0 spiro atoms. The van der Waals surface area contributed by atoms with Crippen LogP contribution in [0.25, 0.3) is 0 Å². The van der Waals surface area contributed by atoms with Gasteiger partial charge in [-0.1, -0.05) is 237 Å². The maximum Gasteiger partial charge on any atom is 0.472 e. The third-order valence-corrected chi connectivity index (χ3v) is 13.5. The van der Waals surface area contributed by atoms with Gasteiger partial charge in [0.05, 0.1) is 33.8 Å². The number of carbonyl (C=O) groups is 2. The van der Waals surface area contributed by atoms with Crippen LogP contribution in [0.5, 0.6) is 0 Å². The van der Waals surface area contributed by atoms with Crippen LogP contribution < -0.4 is 5.32 Å². The minimum Gasteiger partial charge on any atom is -0.456 e. The van der Waals surface area contributed by atoms with Crippen LogP contribution in [0.2, 0.25) is 0 Å². The molecule has 9 nitrogen and oxygen atoms in total. The molecule has 0 heterocycles. The van der Waals surface area contributed by atoms with E-state index in [-0.39, 0.29) is 32.0 Å². The van der Waals surface area contributed by atoms with Gasteiger partial charge in [-0.05, 0) is 122 Å². The third-order valence-electron chi connectivity index (χ3n) is 12.5. The molecule has 79 heavy (non-hydrogen) atoms. The molecular formula is C69H114N2O7P+. The fourth-order valence-electron chi connectivity index (χ4n) is 7.79. The fourth-order valence-corrected chi connectivity index (χ4v) is 8.53. The first-order chi connectivity index (χ1) is 38.4. The van der Waals surface area contributed by atoms with Crippen LogP contribution in [-0.2, 0) is 27.9 Å². The molecule has 0 rings (SSSR count). The lowest BCUT2D eigenvalue weighted by Crippen LogP contribution is -2.47. The highest BCUT2D eigenvalue weighted by molar-refractivity contribution is 7.47. The Morgan fingerprint density at radius 3 is 1.24 bits per heavy atom. The van der Waals surface area contributed by atoms with Gasteiger partial charge in [-0.3, -0.25) is 18.6 Å². The number of allylic oxidation sites excluding steroid dienone is 25. The van der Waals surface area contributed by atoms with Crippen molar-refractivity contribution in [1.82, 2.24) is 5.32 Å². The molecule has 0 bridgehead atoms. The molecule has 0 aliphatic carbocycles. The molecule has 0 fully saturated rings. The van der Waals surface area contributed by atoms with Crippen molar-refractivity contribution in [3.05, 3.63) is 158 Å². The Hall–Kier alpha value is -4.37. The maximum atomic E-state index is 13.5. The molecule has 1 amide bonds. The number of nitrogens with one attached hydrogen (secondary N) is 1. The molecule has 10 heteroatoms. The molecule has 0 saturated heterocycles. The van der Waals surface area contributed by atoms with Gasteiger partial charge in [-0.25, -0.2) is 4.57 Å². The van der Waals surface area contributed by atoms with E-state index >= 15 is 0 Å². The van der Waals surface area contributed by atoms with Crippen LogP contribution in [0.3, 0.4) is 0 Å². The molecule has 3 unspecified atom stereocenters. The van der Waals surface area contributed by atoms with Crippen molar-refractivity contribution in [2.24, 2.45) is 0 Å². The Morgan fingerprint density at radius 2 is 0.823 bits per heavy atom. The second kappa shape index (κ2) is 56.9. The van der Waals surface area contributed by atoms with E-state index in [4.69, 9.17) is 13.8 Å². The minimum absolute atomic E-state index is 0.0139. The first-order valence-corrected chi connectivity index (χ1v) is 32.3. The number of hydrogen-bond donors (Lipinski definition) is 2. The van der Waals surface area contributed by atoms with Gasteiger partial charge >= 0.3 is 13.8 Å². The number of phosphoric acid groups is 1. The summed E-state index contributed by atoms with van der Waals surface area (Å²) in [7, 11) is 1.41. The molecule has 0 aromatic carbocycles. The van der Waals surface area contributed by atoms with E-state index in [9.17, 15) is 19.0 Å². The Kier molecular flexibility index (Phi) is 53.7. The summed E-state index contributed by atoms with van der Waals surface area (Å²) in [6.45, 7) is 6.68. The summed E-state index contributed by atoms with van der Waals surface area (Å²) in [5.41, 5.74) is 0. The second-order valence-electron chi connectivity index (χ2n) is 21.1. The SMILES string of the molecule is CC/C=C\C/C=C\C/C=C\C/C=C\C/C=C\C/C=C\CCCCCCC(=O)NC(COP(=O)(O)OCC[N+](C)(C)C)C(/C=C\CCCCCCCCCCC)OC(=O)CC/C=C\C/C=C\C/C=C\C/C=C\C/C=C\C/C=C\CC. The fraction of sp³-hybridized carbons (Fsp3) is 0.594. The van der Waals surface area contributed by atoms with E-state index in [0.29, 0.717) is 23.9 Å². The molecule has 3 atom stereocenters. The van der Waals surface area contributed by atoms with Crippen molar-refractivity contribution < 1.29 is 37.3 Å². The summed E-state index contributed by atoms with van der Waals surface area (Å²) in [6.07, 6.45) is 84.0. The number of nitrogens with zero attached hydrogens (tertiary/aromatic N) is 1. The predicted octanol–water partition coefficient (Wildman–Crippen LogP) is 19.2. The van der Waals surface area contributed by atoms with Crippen LogP contribution in [-0.4, -0.2) is 74.3 Å². The van der Waals surface area contributed by atoms with E-state index in [1.807, 2.05) is 45.4 Å². The van der Waals surface area contributed by atoms with E-state index in [1.165, 1.54) is 44.9 Å². The standard InChI is InChI=1S/C69H113N2O7P/c1-7-10-13-16-19-22-25-27-29-31-33-34-35-36-38-39-41-43-46-49-52-55-58-61-68(72)70-66(65-77-79(74,75)76-64-63-71(4,5)6)67(60-57-54-51-48-45-24-21-18-15-12-9-3)78-69(73)62-59-56-53-50-47-44-42-40-37-32-30-28-26-23-20-17-14-11-8-2/h10-11,13-14,19-20,22-23,27-30,33-34,36-38,40-41,43-44,47,53,56-57,60,66-67H,7-9,12,15-18,21,24-26,31-32,35,39,42,45-46,48-52,54-55,58-59,61-65H2,1-6H3,(H-,70,72,74,75)/p+1/b13-10-,14-11-,22-19-,23-20-,29-27-,30-28-,34-33-,38-36-,40-37-,43-41-,47-44-,56-53-,60-57-. The summed E-state index contributed by atoms with van der Waals surface area (Å²) in [5, 5.41) is 3.01. The quantitative estimate of drug-likeness (QED) is 0.0205. The van der Waals surface area contributed by atoms with Crippen molar-refractivity contribution in [1.29, 1.82) is 0 Å². The topological polar surface area (TPSA) is 111 Å². The molecule has 2 N–H and O–H groups in total. The van der Waals surface area contributed by atoms with Crippen LogP contribution >= 0.6 is 7.82 Å². The monoisotopic (exact) mass is 1110 g/mol. The first kappa shape index (κ1) is 74.6. The molecule has 0 radical (unpaired) electrons. The van der Waals surface area contributed by atoms with Crippen molar-refractivity contribution in [2.75, 3.05) is 40.9 Å². The van der Waals surface area contributed by atoms with Gasteiger partial charge in [-0.15, -0.1) is 0 Å². The van der Waals surface area contributed by atoms with E-state index in [2.05, 4.69) is 160 Å². The highest BCUT2D eigenvalue weighted by atomic mass is 31.2. The third kappa shape index (κ3) is 58.1. The zero-order chi connectivity index (χ0) is 57.9. The van der Waals surface area contributed by atoms with Gasteiger partial charge in [-0.2, -0.15) is 0 Å². The average Bonchev–Trinajstić information content (AvgIpc) is 3.41. The zero-order valence-electron chi connectivity index (χ0n) is 50.8. The number of amides is 1. The Balaban J connectivity index is 5.40. The van der Waals surface area contributed by atoms with E-state index in [1.54, 1.807) is 0 Å². The van der Waals surface area contributed by atoms with Gasteiger partial charge in [0.1, 0.15) is 19.3 Å². The predicted molar refractivity (Wildman–Crippen MR) is 341 cm³/mol. The Morgan fingerprint density at radius 1 is 0.456 bits per heavy atom. The Labute approximate surface area is 484 Å². The maximum absolute atomic E-state index is 13.5. The highest BCUT2D eigenvalue weighted by Crippen LogP contribution is 2.43. The molecular weight excluding hydrogens is 1000 g/mol. The number of likely N-dealkylation sites (N-methyl/N-ethyl adjacent to an activating group) is 1. The summed E-state index contributed by atoms with van der Waals surface area (Å²) >= 11 is 0. The number of carbonyl (C=O) groups excluding carboxylic acids is 2. The van der Waals surface area contributed by atoms with Crippen molar-refractivity contribution >= 4 is 19.7 Å². The van der Waals surface area contributed by atoms with Crippen molar-refractivity contribution in [3.8, 4) is 0 Å². The van der Waals surface area contributed by atoms with Crippen LogP contribution in [0.4, 0.5) is 0 Å². The number of hydrogen-bond acceptors (Lipinski definition) is 6. The lowest BCUT2D eigenvalue weighted by Gasteiger charge is -2.27. The summed E-state index contributed by atoms with van der Waals surface area (Å²) < 4.78 is 30.6. The molecule has 0 aromatic heterocycles. The summed E-state index contributed by atoms with van der Waals surface area (Å²) in [6, 6.07) is -0.905. The number of phosphoric ester groups is 1. The van der Waals surface area contributed by atoms with Crippen LogP contribution in [0.1, 0.15) is 213 Å². The van der Waals surface area contributed by atoms with Crippen molar-refractivity contribution in [3.63, 3.8) is 0 Å². The first-order valence-electron chi connectivity index (χ1n) is 30.8. The van der Waals surface area contributed by atoms with E-state index in [0.717, 1.165) is 122 Å². The molecule has 0 aliphatic heterocycles. The molecule has 0 saturated carbocycles.